The molecule has 0 unspecified atom stereocenters. The second-order valence-electron chi connectivity index (χ2n) is 2.77. The summed E-state index contributed by atoms with van der Waals surface area (Å²) < 4.78 is 4.76. The summed E-state index contributed by atoms with van der Waals surface area (Å²) in [6, 6.07) is 0. The molecule has 82 valence electrons. The van der Waals surface area contributed by atoms with Gasteiger partial charge in [-0.15, -0.1) is 0 Å². The van der Waals surface area contributed by atoms with Crippen LogP contribution in [0.4, 0.5) is 0 Å². The zero-order valence-corrected chi connectivity index (χ0v) is 8.23. The van der Waals surface area contributed by atoms with Crippen LogP contribution in [0.25, 0.3) is 0 Å². The van der Waals surface area contributed by atoms with E-state index in [4.69, 9.17) is 4.42 Å². The average molecular weight is 220 g/mol. The summed E-state index contributed by atoms with van der Waals surface area (Å²) >= 11 is 0. The molecule has 0 radical (unpaired) electrons. The number of hydrogen-bond donors (Lipinski definition) is 1. The minimum atomic E-state index is -0.719. The highest BCUT2D eigenvalue weighted by Gasteiger charge is 2.26. The van der Waals surface area contributed by atoms with Crippen molar-refractivity contribution in [3.8, 4) is 5.75 Å². The van der Waals surface area contributed by atoms with Gasteiger partial charge in [0.2, 0.25) is 11.5 Å². The number of furan rings is 1. The summed E-state index contributed by atoms with van der Waals surface area (Å²) in [6.07, 6.45) is 2.03. The molecule has 0 atom stereocenters. The first-order valence-corrected chi connectivity index (χ1v) is 4.21. The molecule has 5 heteroatoms. The average Bonchev–Trinajstić information content (AvgIpc) is 2.64. The Kier molecular flexibility index (Phi) is 3.20. The van der Waals surface area contributed by atoms with E-state index in [1.807, 2.05) is 0 Å². The molecule has 0 aromatic carbocycles. The molecule has 0 aliphatic carbocycles. The molecule has 1 N–H and O–H groups in total. The fourth-order valence-electron chi connectivity index (χ4n) is 1.12. The number of ketones is 2. The summed E-state index contributed by atoms with van der Waals surface area (Å²) in [5.41, 5.74) is -0.366. The summed E-state index contributed by atoms with van der Waals surface area (Å²) in [7, 11) is 0. The van der Waals surface area contributed by atoms with Crippen LogP contribution in [0.15, 0.2) is 29.7 Å². The molecule has 0 aliphatic rings. The summed E-state index contributed by atoms with van der Waals surface area (Å²) in [6.45, 7) is 6.40. The number of aromatic hydroxyl groups is 1. The van der Waals surface area contributed by atoms with Crippen LogP contribution in [0.2, 0.25) is 0 Å². The standard InChI is InChI=1S/C11H8O5/c1-3-6(13)9-8(5-12)16-11(10(9)15)7(14)4-2/h3-5,15H,1-2H2. The van der Waals surface area contributed by atoms with Gasteiger partial charge >= 0.3 is 0 Å². The lowest BCUT2D eigenvalue weighted by molar-refractivity contribution is 0.100. The van der Waals surface area contributed by atoms with Crippen molar-refractivity contribution < 1.29 is 23.9 Å². The van der Waals surface area contributed by atoms with Crippen molar-refractivity contribution >= 4 is 17.9 Å². The molecule has 5 nitrogen and oxygen atoms in total. The van der Waals surface area contributed by atoms with Gasteiger partial charge in [0.05, 0.1) is 0 Å². The predicted octanol–water partition coefficient (Wildman–Crippen LogP) is 1.54. The monoisotopic (exact) mass is 220 g/mol. The number of allylic oxidation sites excluding steroid dienone is 2. The van der Waals surface area contributed by atoms with Crippen molar-refractivity contribution in [2.45, 2.75) is 0 Å². The Bertz CT molecular complexity index is 493. The number of carbonyl (C=O) groups is 3. The van der Waals surface area contributed by atoms with Crippen LogP contribution in [-0.4, -0.2) is 23.0 Å². The van der Waals surface area contributed by atoms with Crippen LogP contribution in [0, 0.1) is 0 Å². The van der Waals surface area contributed by atoms with Crippen LogP contribution < -0.4 is 0 Å². The van der Waals surface area contributed by atoms with Crippen LogP contribution in [0.1, 0.15) is 31.5 Å². The van der Waals surface area contributed by atoms with Gasteiger partial charge in [0.25, 0.3) is 0 Å². The largest absolute Gasteiger partial charge is 0.504 e. The van der Waals surface area contributed by atoms with E-state index in [2.05, 4.69) is 13.2 Å². The number of hydrogen-bond acceptors (Lipinski definition) is 5. The molecule has 0 spiro atoms. The van der Waals surface area contributed by atoms with Gasteiger partial charge in [0.15, 0.2) is 23.6 Å². The molecule has 0 fully saturated rings. The van der Waals surface area contributed by atoms with E-state index in [0.29, 0.717) is 0 Å². The molecule has 1 aromatic rings. The zero-order chi connectivity index (χ0) is 12.3. The van der Waals surface area contributed by atoms with Crippen molar-refractivity contribution in [3.63, 3.8) is 0 Å². The lowest BCUT2D eigenvalue weighted by atomic mass is 10.1. The third-order valence-corrected chi connectivity index (χ3v) is 1.86. The maximum atomic E-state index is 11.3. The van der Waals surface area contributed by atoms with Crippen molar-refractivity contribution in [1.29, 1.82) is 0 Å². The SMILES string of the molecule is C=CC(=O)c1oc(C=O)c(C(=O)C=C)c1O. The molecule has 1 heterocycles. The van der Waals surface area contributed by atoms with Gasteiger partial charge in [-0.3, -0.25) is 14.4 Å². The quantitative estimate of drug-likeness (QED) is 0.462. The van der Waals surface area contributed by atoms with Gasteiger partial charge in [-0.25, -0.2) is 0 Å². The van der Waals surface area contributed by atoms with Gasteiger partial charge in [0, 0.05) is 0 Å². The Balaban J connectivity index is 3.49. The summed E-state index contributed by atoms with van der Waals surface area (Å²) in [4.78, 5) is 33.1. The molecule has 16 heavy (non-hydrogen) atoms. The fourth-order valence-corrected chi connectivity index (χ4v) is 1.12. The first-order valence-electron chi connectivity index (χ1n) is 4.21. The van der Waals surface area contributed by atoms with Crippen LogP contribution in [0.5, 0.6) is 5.75 Å². The molecule has 1 rings (SSSR count). The van der Waals surface area contributed by atoms with E-state index in [0.717, 1.165) is 12.2 Å². The fraction of sp³-hybridized carbons (Fsp3) is 0. The molecule has 0 saturated carbocycles. The number of rotatable bonds is 5. The Morgan fingerprint density at radius 2 is 1.75 bits per heavy atom. The van der Waals surface area contributed by atoms with Crippen molar-refractivity contribution in [1.82, 2.24) is 0 Å². The highest BCUT2D eigenvalue weighted by molar-refractivity contribution is 6.14. The second kappa shape index (κ2) is 4.39. The van der Waals surface area contributed by atoms with Gasteiger partial charge in [-0.2, -0.15) is 0 Å². The van der Waals surface area contributed by atoms with Crippen LogP contribution in [0.3, 0.4) is 0 Å². The molecular weight excluding hydrogens is 212 g/mol. The Labute approximate surface area is 90.7 Å². The Morgan fingerprint density at radius 1 is 1.19 bits per heavy atom. The molecule has 0 saturated heterocycles. The minimum absolute atomic E-state index is 0.232. The lowest BCUT2D eigenvalue weighted by Gasteiger charge is -1.92. The van der Waals surface area contributed by atoms with Gasteiger partial charge in [-0.05, 0) is 12.2 Å². The van der Waals surface area contributed by atoms with E-state index >= 15 is 0 Å². The number of carbonyl (C=O) groups excluding carboxylic acids is 3. The molecule has 1 aromatic heterocycles. The highest BCUT2D eigenvalue weighted by Crippen LogP contribution is 2.29. The Morgan fingerprint density at radius 3 is 2.19 bits per heavy atom. The summed E-state index contributed by atoms with van der Waals surface area (Å²) in [5, 5.41) is 9.55. The molecule has 0 aliphatic heterocycles. The number of aldehydes is 1. The molecule has 0 amide bonds. The topological polar surface area (TPSA) is 84.6 Å². The van der Waals surface area contributed by atoms with E-state index in [-0.39, 0.29) is 11.8 Å². The second-order valence-corrected chi connectivity index (χ2v) is 2.77. The first kappa shape index (κ1) is 11.6. The van der Waals surface area contributed by atoms with Crippen molar-refractivity contribution in [2.75, 3.05) is 0 Å². The van der Waals surface area contributed by atoms with Crippen molar-refractivity contribution in [2.24, 2.45) is 0 Å². The predicted molar refractivity (Wildman–Crippen MR) is 54.8 cm³/mol. The van der Waals surface area contributed by atoms with E-state index in [1.54, 1.807) is 0 Å². The smallest absolute Gasteiger partial charge is 0.224 e. The first-order chi connectivity index (χ1) is 7.56. The zero-order valence-electron chi connectivity index (χ0n) is 8.23. The normalized spacial score (nSPS) is 9.50. The van der Waals surface area contributed by atoms with Gasteiger partial charge in [-0.1, -0.05) is 13.2 Å². The maximum absolute atomic E-state index is 11.3. The van der Waals surface area contributed by atoms with E-state index < -0.39 is 28.8 Å². The third-order valence-electron chi connectivity index (χ3n) is 1.86. The highest BCUT2D eigenvalue weighted by atomic mass is 16.4. The third kappa shape index (κ3) is 1.70. The molecule has 0 bridgehead atoms. The maximum Gasteiger partial charge on any atom is 0.224 e. The van der Waals surface area contributed by atoms with E-state index in [1.165, 1.54) is 0 Å². The van der Waals surface area contributed by atoms with Crippen LogP contribution in [-0.2, 0) is 0 Å². The van der Waals surface area contributed by atoms with Crippen LogP contribution >= 0.6 is 0 Å². The lowest BCUT2D eigenvalue weighted by Crippen LogP contribution is -1.96. The van der Waals surface area contributed by atoms with Crippen molar-refractivity contribution in [3.05, 3.63) is 42.4 Å². The minimum Gasteiger partial charge on any atom is -0.504 e. The summed E-state index contributed by atoms with van der Waals surface area (Å²) in [5.74, 6) is -2.98. The van der Waals surface area contributed by atoms with Gasteiger partial charge in [0.1, 0.15) is 5.56 Å². The molecular formula is C11H8O5. The Hall–Kier alpha value is -2.43. The van der Waals surface area contributed by atoms with E-state index in [9.17, 15) is 19.5 Å². The van der Waals surface area contributed by atoms with Gasteiger partial charge < -0.3 is 9.52 Å².